The highest BCUT2D eigenvalue weighted by atomic mass is 16.5. The van der Waals surface area contributed by atoms with Crippen LogP contribution in [0.2, 0.25) is 0 Å². The highest BCUT2D eigenvalue weighted by Gasteiger charge is 2.01. The number of aryl methyl sites for hydroxylation is 1. The maximum absolute atomic E-state index is 5.72. The van der Waals surface area contributed by atoms with Crippen LogP contribution in [0.25, 0.3) is 0 Å². The smallest absolute Gasteiger partial charge is 0.138 e. The molecular weight excluding hydrogens is 200 g/mol. The van der Waals surface area contributed by atoms with Crippen molar-refractivity contribution in [1.29, 1.82) is 0 Å². The lowest BCUT2D eigenvalue weighted by molar-refractivity contribution is 0.408. The van der Waals surface area contributed by atoms with Gasteiger partial charge < -0.3 is 9.47 Å². The van der Waals surface area contributed by atoms with Gasteiger partial charge in [0, 0.05) is 12.1 Å². The van der Waals surface area contributed by atoms with E-state index < -0.39 is 0 Å². The van der Waals surface area contributed by atoms with Crippen molar-refractivity contribution in [2.75, 3.05) is 7.11 Å². The van der Waals surface area contributed by atoms with Crippen LogP contribution >= 0.6 is 0 Å². The Balaban J connectivity index is 2.24. The molecular formula is C14H13O2. The Kier molecular flexibility index (Phi) is 3.10. The van der Waals surface area contributed by atoms with Crippen molar-refractivity contribution >= 4 is 0 Å². The summed E-state index contributed by atoms with van der Waals surface area (Å²) < 4.78 is 10.8. The summed E-state index contributed by atoms with van der Waals surface area (Å²) >= 11 is 0. The fourth-order valence-electron chi connectivity index (χ4n) is 1.40. The van der Waals surface area contributed by atoms with Gasteiger partial charge in [0.05, 0.1) is 7.11 Å². The fraction of sp³-hybridized carbons (Fsp3) is 0.143. The average molecular weight is 213 g/mol. The summed E-state index contributed by atoms with van der Waals surface area (Å²) in [4.78, 5) is 0. The first-order chi connectivity index (χ1) is 7.79. The second-order valence-corrected chi connectivity index (χ2v) is 3.46. The predicted octanol–water partition coefficient (Wildman–Crippen LogP) is 3.60. The van der Waals surface area contributed by atoms with Gasteiger partial charge in [0.1, 0.15) is 17.2 Å². The number of rotatable bonds is 3. The first-order valence-electron chi connectivity index (χ1n) is 5.09. The normalized spacial score (nSPS) is 9.88. The van der Waals surface area contributed by atoms with Gasteiger partial charge in [0.2, 0.25) is 0 Å². The molecule has 0 amide bonds. The highest BCUT2D eigenvalue weighted by Crippen LogP contribution is 2.26. The molecule has 0 saturated carbocycles. The van der Waals surface area contributed by atoms with E-state index in [0.29, 0.717) is 0 Å². The lowest BCUT2D eigenvalue weighted by Gasteiger charge is -2.08. The molecule has 0 atom stereocenters. The predicted molar refractivity (Wildman–Crippen MR) is 63.1 cm³/mol. The Morgan fingerprint density at radius 2 is 1.88 bits per heavy atom. The Hall–Kier alpha value is -1.96. The van der Waals surface area contributed by atoms with Crippen LogP contribution in [0.3, 0.4) is 0 Å². The van der Waals surface area contributed by atoms with Gasteiger partial charge in [0.25, 0.3) is 0 Å². The summed E-state index contributed by atoms with van der Waals surface area (Å²) in [5.74, 6) is 2.28. The molecule has 2 rings (SSSR count). The number of methoxy groups -OCH3 is 1. The first kappa shape index (κ1) is 10.6. The Morgan fingerprint density at radius 1 is 1.06 bits per heavy atom. The maximum atomic E-state index is 5.72. The molecule has 16 heavy (non-hydrogen) atoms. The monoisotopic (exact) mass is 213 g/mol. The molecule has 0 fully saturated rings. The molecule has 2 aromatic rings. The van der Waals surface area contributed by atoms with E-state index in [0.717, 1.165) is 22.8 Å². The van der Waals surface area contributed by atoms with Gasteiger partial charge in [-0.15, -0.1) is 0 Å². The summed E-state index contributed by atoms with van der Waals surface area (Å²) in [7, 11) is 1.64. The average Bonchev–Trinajstić information content (AvgIpc) is 2.32. The van der Waals surface area contributed by atoms with Crippen LogP contribution in [0.5, 0.6) is 17.2 Å². The topological polar surface area (TPSA) is 18.5 Å². The third-order valence-corrected chi connectivity index (χ3v) is 2.28. The molecule has 0 aliphatic rings. The number of hydrogen-bond acceptors (Lipinski definition) is 2. The van der Waals surface area contributed by atoms with E-state index >= 15 is 0 Å². The summed E-state index contributed by atoms with van der Waals surface area (Å²) in [6.07, 6.45) is 0. The Morgan fingerprint density at radius 3 is 2.62 bits per heavy atom. The van der Waals surface area contributed by atoms with E-state index in [9.17, 15) is 0 Å². The number of hydrogen-bond donors (Lipinski definition) is 0. The van der Waals surface area contributed by atoms with Crippen LogP contribution in [0.1, 0.15) is 5.56 Å². The largest absolute Gasteiger partial charge is 0.497 e. The van der Waals surface area contributed by atoms with Crippen LogP contribution in [-0.4, -0.2) is 7.11 Å². The van der Waals surface area contributed by atoms with Crippen molar-refractivity contribution in [3.63, 3.8) is 0 Å². The van der Waals surface area contributed by atoms with E-state index in [1.54, 1.807) is 7.11 Å². The standard InChI is InChI=1S/C14H13O2/c1-11-6-3-4-9-14(11)16-13-8-5-7-12(10-13)15-2/h3-8,10H,1-2H3. The molecule has 0 saturated heterocycles. The molecule has 0 N–H and O–H groups in total. The van der Waals surface area contributed by atoms with Crippen molar-refractivity contribution in [3.05, 3.63) is 54.1 Å². The molecule has 0 spiro atoms. The lowest BCUT2D eigenvalue weighted by atomic mass is 10.2. The minimum atomic E-state index is 0.746. The van der Waals surface area contributed by atoms with Crippen molar-refractivity contribution in [2.45, 2.75) is 6.92 Å². The fourth-order valence-corrected chi connectivity index (χ4v) is 1.40. The molecule has 0 aliphatic heterocycles. The summed E-state index contributed by atoms with van der Waals surface area (Å²) in [6.45, 7) is 1.99. The Bertz CT molecular complexity index is 478. The number of benzene rings is 2. The molecule has 0 bridgehead atoms. The van der Waals surface area contributed by atoms with Crippen molar-refractivity contribution in [1.82, 2.24) is 0 Å². The van der Waals surface area contributed by atoms with E-state index in [-0.39, 0.29) is 0 Å². The van der Waals surface area contributed by atoms with Crippen LogP contribution in [0.4, 0.5) is 0 Å². The van der Waals surface area contributed by atoms with Gasteiger partial charge in [-0.3, -0.25) is 0 Å². The van der Waals surface area contributed by atoms with Gasteiger partial charge >= 0.3 is 0 Å². The zero-order valence-corrected chi connectivity index (χ0v) is 9.36. The minimum absolute atomic E-state index is 0.746. The van der Waals surface area contributed by atoms with E-state index in [1.807, 2.05) is 49.4 Å². The molecule has 0 aliphatic carbocycles. The van der Waals surface area contributed by atoms with Gasteiger partial charge in [-0.2, -0.15) is 0 Å². The highest BCUT2D eigenvalue weighted by molar-refractivity contribution is 5.39. The minimum Gasteiger partial charge on any atom is -0.497 e. The van der Waals surface area contributed by atoms with Crippen molar-refractivity contribution < 1.29 is 9.47 Å². The zero-order valence-electron chi connectivity index (χ0n) is 9.36. The van der Waals surface area contributed by atoms with Gasteiger partial charge in [-0.05, 0) is 24.6 Å². The summed E-state index contributed by atoms with van der Waals surface area (Å²) in [5.41, 5.74) is 1.06. The van der Waals surface area contributed by atoms with Crippen LogP contribution < -0.4 is 9.47 Å². The van der Waals surface area contributed by atoms with Crippen molar-refractivity contribution in [3.8, 4) is 17.2 Å². The molecule has 0 heterocycles. The van der Waals surface area contributed by atoms with Gasteiger partial charge in [-0.1, -0.05) is 24.3 Å². The zero-order chi connectivity index (χ0) is 11.4. The third kappa shape index (κ3) is 2.34. The molecule has 0 aromatic heterocycles. The molecule has 81 valence electrons. The van der Waals surface area contributed by atoms with Crippen molar-refractivity contribution in [2.24, 2.45) is 0 Å². The lowest BCUT2D eigenvalue weighted by Crippen LogP contribution is -1.88. The molecule has 2 heteroatoms. The third-order valence-electron chi connectivity index (χ3n) is 2.28. The van der Waals surface area contributed by atoms with Crippen LogP contribution in [-0.2, 0) is 0 Å². The van der Waals surface area contributed by atoms with Gasteiger partial charge in [-0.25, -0.2) is 0 Å². The summed E-state index contributed by atoms with van der Waals surface area (Å²) in [6, 6.07) is 16.3. The van der Waals surface area contributed by atoms with E-state index in [1.165, 1.54) is 0 Å². The summed E-state index contributed by atoms with van der Waals surface area (Å²) in [5, 5.41) is 0. The second kappa shape index (κ2) is 4.71. The Labute approximate surface area is 95.4 Å². The molecule has 0 unspecified atom stereocenters. The SMILES string of the molecule is COc1cccc(Oc2[c]cccc2C)c1. The molecule has 2 aromatic carbocycles. The number of para-hydroxylation sites is 1. The van der Waals surface area contributed by atoms with E-state index in [4.69, 9.17) is 9.47 Å². The quantitative estimate of drug-likeness (QED) is 0.775. The first-order valence-corrected chi connectivity index (χ1v) is 5.09. The van der Waals surface area contributed by atoms with E-state index in [2.05, 4.69) is 6.07 Å². The second-order valence-electron chi connectivity index (χ2n) is 3.46. The van der Waals surface area contributed by atoms with Crippen LogP contribution in [0, 0.1) is 13.0 Å². The van der Waals surface area contributed by atoms with Crippen LogP contribution in [0.15, 0.2) is 42.5 Å². The molecule has 1 radical (unpaired) electrons. The molecule has 2 nitrogen and oxygen atoms in total. The van der Waals surface area contributed by atoms with Gasteiger partial charge in [0.15, 0.2) is 0 Å². The maximum Gasteiger partial charge on any atom is 0.138 e. The number of ether oxygens (including phenoxy) is 2.